The molecule has 0 aromatic heterocycles. The fraction of sp³-hybridized carbons (Fsp3) is 0.842. The van der Waals surface area contributed by atoms with Crippen molar-refractivity contribution in [2.24, 2.45) is 33.5 Å². The summed E-state index contributed by atoms with van der Waals surface area (Å²) in [4.78, 5) is 70.0. The Bertz CT molecular complexity index is 1110. The van der Waals surface area contributed by atoms with Gasteiger partial charge in [0.1, 0.15) is 0 Å². The van der Waals surface area contributed by atoms with Crippen LogP contribution in [-0.2, 0) is 19.2 Å². The maximum atomic E-state index is 15.6. The molecule has 5 aliphatic carbocycles. The normalized spacial score (nSPS) is 31.7. The van der Waals surface area contributed by atoms with Crippen molar-refractivity contribution in [2.45, 2.75) is 173 Å². The Morgan fingerprint density at radius 1 is 0.391 bits per heavy atom. The topological polar surface area (TPSA) is 81.2 Å². The summed E-state index contributed by atoms with van der Waals surface area (Å²) in [5.41, 5.74) is -3.20. The highest BCUT2D eigenvalue weighted by atomic mass is 16.2. The Hall–Kier alpha value is -2.38. The van der Waals surface area contributed by atoms with Gasteiger partial charge in [0.15, 0.2) is 0 Å². The van der Waals surface area contributed by atoms with Crippen LogP contribution in [0.3, 0.4) is 0 Å². The van der Waals surface area contributed by atoms with Gasteiger partial charge in [-0.05, 0) is 125 Å². The number of hydrogen-bond donors (Lipinski definition) is 0. The molecule has 2 bridgehead atoms. The minimum atomic E-state index is -1.31. The van der Waals surface area contributed by atoms with Crippen LogP contribution in [0.25, 0.3) is 0 Å². The highest BCUT2D eigenvalue weighted by Gasteiger charge is 3.26. The summed E-state index contributed by atoms with van der Waals surface area (Å²) in [5.74, 6) is -1.49. The van der Waals surface area contributed by atoms with Crippen LogP contribution in [0, 0.1) is 33.5 Å². The van der Waals surface area contributed by atoms with E-state index in [0.717, 1.165) is 11.1 Å². The Balaban J connectivity index is 2.22. The molecule has 4 amide bonds. The lowest BCUT2D eigenvalue weighted by Gasteiger charge is -2.53. The first kappa shape index (κ1) is 36.5. The predicted octanol–water partition coefficient (Wildman–Crippen LogP) is 6.14. The van der Waals surface area contributed by atoms with E-state index in [-0.39, 0.29) is 72.0 Å². The number of rotatable bonds is 12. The zero-order valence-corrected chi connectivity index (χ0v) is 32.2. The maximum absolute atomic E-state index is 15.6. The maximum Gasteiger partial charge on any atom is 0.232 e. The molecule has 0 aromatic rings. The molecule has 5 rings (SSSR count). The molecule has 0 radical (unpaired) electrons. The lowest BCUT2D eigenvalue weighted by Crippen LogP contribution is -2.70. The molecular formula is C38H64N4O4. The third-order valence-corrected chi connectivity index (χ3v) is 12.0. The van der Waals surface area contributed by atoms with E-state index in [0.29, 0.717) is 0 Å². The Morgan fingerprint density at radius 2 is 0.543 bits per heavy atom. The fourth-order valence-corrected chi connectivity index (χ4v) is 11.6. The van der Waals surface area contributed by atoms with Gasteiger partial charge in [0.25, 0.3) is 0 Å². The van der Waals surface area contributed by atoms with Crippen molar-refractivity contribution in [3.8, 4) is 0 Å². The molecular weight excluding hydrogens is 576 g/mol. The Kier molecular flexibility index (Phi) is 8.78. The first-order valence-electron chi connectivity index (χ1n) is 18.0. The van der Waals surface area contributed by atoms with Crippen LogP contribution < -0.4 is 0 Å². The van der Waals surface area contributed by atoms with Crippen molar-refractivity contribution in [3.05, 3.63) is 11.1 Å². The standard InChI is InChI=1S/C38H64N4O4/c1-19(2)28-29-35(31(43)39(20(3)4)21(5)6)36(29,32(44)40(22(7)8)23(9)10)38(34(46)42(26(15)16)27(17)18)30(28)37(35,38)33(45)41(24(11)12)25(13)14/h20-27,29-30H,1-18H3. The molecule has 0 heterocycles. The van der Waals surface area contributed by atoms with Gasteiger partial charge >= 0.3 is 0 Å². The average molecular weight is 641 g/mol. The minimum Gasteiger partial charge on any atom is -0.337 e. The molecule has 5 aliphatic rings. The molecule has 8 nitrogen and oxygen atoms in total. The van der Waals surface area contributed by atoms with Crippen LogP contribution in [0.2, 0.25) is 0 Å². The van der Waals surface area contributed by atoms with Crippen LogP contribution in [-0.4, -0.2) is 91.6 Å². The fourth-order valence-electron chi connectivity index (χ4n) is 11.6. The van der Waals surface area contributed by atoms with Crippen LogP contribution in [0.5, 0.6) is 0 Å². The number of carbonyl (C=O) groups is 4. The molecule has 0 atom stereocenters. The van der Waals surface area contributed by atoms with Gasteiger partial charge in [-0.3, -0.25) is 19.2 Å². The molecule has 0 spiro atoms. The van der Waals surface area contributed by atoms with E-state index < -0.39 is 33.5 Å². The predicted molar refractivity (Wildman–Crippen MR) is 184 cm³/mol. The van der Waals surface area contributed by atoms with Crippen LogP contribution in [0.4, 0.5) is 0 Å². The van der Waals surface area contributed by atoms with E-state index in [4.69, 9.17) is 0 Å². The Morgan fingerprint density at radius 3 is 0.652 bits per heavy atom. The number of hydrogen-bond acceptors (Lipinski definition) is 4. The molecule has 5 fully saturated rings. The van der Waals surface area contributed by atoms with E-state index in [2.05, 4.69) is 0 Å². The van der Waals surface area contributed by atoms with Gasteiger partial charge in [0.05, 0.1) is 21.7 Å². The second kappa shape index (κ2) is 11.1. The van der Waals surface area contributed by atoms with Gasteiger partial charge < -0.3 is 19.6 Å². The summed E-state index contributed by atoms with van der Waals surface area (Å²) in [6.45, 7) is 36.2. The van der Waals surface area contributed by atoms with Crippen molar-refractivity contribution >= 4 is 23.6 Å². The van der Waals surface area contributed by atoms with E-state index in [1.165, 1.54) is 0 Å². The second-order valence-electron chi connectivity index (χ2n) is 17.2. The number of allylic oxidation sites excluding steroid dienone is 2. The molecule has 0 unspecified atom stereocenters. The lowest BCUT2D eigenvalue weighted by molar-refractivity contribution is -0.187. The summed E-state index contributed by atoms with van der Waals surface area (Å²) in [7, 11) is 0. The average Bonchev–Trinajstić information content (AvgIpc) is 3.53. The summed E-state index contributed by atoms with van der Waals surface area (Å²) in [6, 6.07) is -1.11. The SMILES string of the molecule is CC(C)=C1C2C3(C(=O)N(C(C)C)C(C)C)C2(C(=O)N(C(C)C)C(C)C)C2(C(=O)N(C(C)C)C(C)C)C1C32C(=O)N(C(C)C)C(C)C. The summed E-state index contributed by atoms with van der Waals surface area (Å²) in [5, 5.41) is 0. The van der Waals surface area contributed by atoms with Gasteiger partial charge in [0, 0.05) is 60.2 Å². The highest BCUT2D eigenvalue weighted by molar-refractivity contribution is 6.25. The van der Waals surface area contributed by atoms with Crippen molar-refractivity contribution in [1.29, 1.82) is 0 Å². The van der Waals surface area contributed by atoms with Crippen molar-refractivity contribution in [1.82, 2.24) is 19.6 Å². The van der Waals surface area contributed by atoms with E-state index in [9.17, 15) is 0 Å². The molecule has 0 aliphatic heterocycles. The first-order valence-corrected chi connectivity index (χ1v) is 18.0. The van der Waals surface area contributed by atoms with Crippen molar-refractivity contribution in [3.63, 3.8) is 0 Å². The first-order chi connectivity index (χ1) is 21.0. The van der Waals surface area contributed by atoms with Gasteiger partial charge in [-0.15, -0.1) is 0 Å². The van der Waals surface area contributed by atoms with Crippen LogP contribution in [0.15, 0.2) is 11.1 Å². The molecule has 5 saturated carbocycles. The molecule has 46 heavy (non-hydrogen) atoms. The zero-order chi connectivity index (χ0) is 35.5. The summed E-state index contributed by atoms with van der Waals surface area (Å²) in [6.07, 6.45) is 0. The van der Waals surface area contributed by atoms with E-state index in [1.54, 1.807) is 0 Å². The molecule has 260 valence electrons. The smallest absolute Gasteiger partial charge is 0.232 e. The van der Waals surface area contributed by atoms with Crippen LogP contribution >= 0.6 is 0 Å². The van der Waals surface area contributed by atoms with Crippen LogP contribution in [0.1, 0.15) is 125 Å². The summed E-state index contributed by atoms with van der Waals surface area (Å²) >= 11 is 0. The zero-order valence-electron chi connectivity index (χ0n) is 32.2. The summed E-state index contributed by atoms with van der Waals surface area (Å²) < 4.78 is 0. The third kappa shape index (κ3) is 3.63. The second-order valence-corrected chi connectivity index (χ2v) is 17.2. The molecule has 0 saturated heterocycles. The molecule has 0 N–H and O–H groups in total. The van der Waals surface area contributed by atoms with Gasteiger partial charge in [-0.1, -0.05) is 11.1 Å². The monoisotopic (exact) mass is 640 g/mol. The molecule has 8 heteroatoms. The third-order valence-electron chi connectivity index (χ3n) is 12.0. The minimum absolute atomic E-state index is 0.132. The van der Waals surface area contributed by atoms with E-state index in [1.807, 2.05) is 144 Å². The largest absolute Gasteiger partial charge is 0.337 e. The van der Waals surface area contributed by atoms with Gasteiger partial charge in [-0.25, -0.2) is 0 Å². The van der Waals surface area contributed by atoms with Gasteiger partial charge in [-0.2, -0.15) is 0 Å². The van der Waals surface area contributed by atoms with Crippen molar-refractivity contribution in [2.75, 3.05) is 0 Å². The highest BCUT2D eigenvalue weighted by Crippen LogP contribution is 3.17. The quantitative estimate of drug-likeness (QED) is 0.240. The number of carbonyl (C=O) groups excluding carboxylic acids is 4. The molecule has 0 aromatic carbocycles. The number of amides is 4. The van der Waals surface area contributed by atoms with Gasteiger partial charge in [0.2, 0.25) is 23.6 Å². The Labute approximate surface area is 279 Å². The van der Waals surface area contributed by atoms with Crippen molar-refractivity contribution < 1.29 is 19.2 Å². The number of nitrogens with zero attached hydrogens (tertiary/aromatic N) is 4. The lowest BCUT2D eigenvalue weighted by atomic mass is 9.54. The van der Waals surface area contributed by atoms with E-state index >= 15 is 19.2 Å².